The lowest BCUT2D eigenvalue weighted by atomic mass is 9.89. The molecule has 3 rings (SSSR count). The zero-order valence-corrected chi connectivity index (χ0v) is 17.8. The Kier molecular flexibility index (Phi) is 5.34. The van der Waals surface area contributed by atoms with Crippen LogP contribution >= 0.6 is 0 Å². The van der Waals surface area contributed by atoms with E-state index in [0.29, 0.717) is 24.9 Å². The van der Waals surface area contributed by atoms with Crippen LogP contribution in [0.1, 0.15) is 77.3 Å². The minimum Gasteiger partial charge on any atom is -0.444 e. The van der Waals surface area contributed by atoms with Gasteiger partial charge in [-0.1, -0.05) is 12.1 Å². The molecule has 0 atom stereocenters. The molecule has 1 N–H and O–H groups in total. The highest BCUT2D eigenvalue weighted by molar-refractivity contribution is 5.86. The molecule has 0 radical (unpaired) electrons. The van der Waals surface area contributed by atoms with Gasteiger partial charge >= 0.3 is 12.2 Å². The van der Waals surface area contributed by atoms with E-state index in [2.05, 4.69) is 11.4 Å². The summed E-state index contributed by atoms with van der Waals surface area (Å²) in [7, 11) is 0. The van der Waals surface area contributed by atoms with Gasteiger partial charge in [0.05, 0.1) is 0 Å². The molecule has 0 spiro atoms. The SMILES string of the molecule is CC(C)(C)OC(=O)Nc1ccc(C2CN(C(=O)OC(C)(C)C)C2)cc1C1CC1. The molecule has 1 saturated heterocycles. The highest BCUT2D eigenvalue weighted by Gasteiger charge is 2.36. The molecule has 2 fully saturated rings. The van der Waals surface area contributed by atoms with Crippen molar-refractivity contribution in [2.45, 2.75) is 77.4 Å². The monoisotopic (exact) mass is 388 g/mol. The maximum Gasteiger partial charge on any atom is 0.412 e. The predicted molar refractivity (Wildman–Crippen MR) is 109 cm³/mol. The zero-order chi connectivity index (χ0) is 20.7. The minimum atomic E-state index is -0.527. The quantitative estimate of drug-likeness (QED) is 0.768. The third-order valence-corrected chi connectivity index (χ3v) is 4.73. The second-order valence-corrected chi connectivity index (χ2v) is 9.83. The molecule has 0 bridgehead atoms. The van der Waals surface area contributed by atoms with Gasteiger partial charge in [0.1, 0.15) is 11.2 Å². The van der Waals surface area contributed by atoms with Gasteiger partial charge in [0, 0.05) is 24.7 Å². The molecule has 1 aliphatic carbocycles. The van der Waals surface area contributed by atoms with Crippen LogP contribution in [0.3, 0.4) is 0 Å². The number of rotatable bonds is 3. The lowest BCUT2D eigenvalue weighted by molar-refractivity contribution is 0.00817. The van der Waals surface area contributed by atoms with Crippen LogP contribution in [0.25, 0.3) is 0 Å². The minimum absolute atomic E-state index is 0.255. The van der Waals surface area contributed by atoms with Crippen molar-refractivity contribution in [3.8, 4) is 0 Å². The number of anilines is 1. The number of likely N-dealkylation sites (tertiary alicyclic amines) is 1. The number of amides is 2. The normalized spacial score (nSPS) is 17.7. The summed E-state index contributed by atoms with van der Waals surface area (Å²) in [5, 5.41) is 2.90. The molecule has 2 amide bonds. The number of nitrogens with one attached hydrogen (secondary N) is 1. The van der Waals surface area contributed by atoms with Crippen molar-refractivity contribution >= 4 is 17.9 Å². The fraction of sp³-hybridized carbons (Fsp3) is 0.636. The van der Waals surface area contributed by atoms with E-state index < -0.39 is 17.3 Å². The molecule has 0 aromatic heterocycles. The predicted octanol–water partition coefficient (Wildman–Crippen LogP) is 5.25. The number of benzene rings is 1. The first-order chi connectivity index (χ1) is 12.9. The van der Waals surface area contributed by atoms with Crippen LogP contribution in [0.4, 0.5) is 15.3 Å². The Morgan fingerprint density at radius 1 is 0.964 bits per heavy atom. The second kappa shape index (κ2) is 7.30. The van der Waals surface area contributed by atoms with Crippen LogP contribution in [0.2, 0.25) is 0 Å². The average Bonchev–Trinajstić information content (AvgIpc) is 3.27. The Bertz CT molecular complexity index is 751. The van der Waals surface area contributed by atoms with Gasteiger partial charge in [-0.25, -0.2) is 9.59 Å². The molecule has 1 saturated carbocycles. The van der Waals surface area contributed by atoms with Gasteiger partial charge in [-0.15, -0.1) is 0 Å². The summed E-state index contributed by atoms with van der Waals surface area (Å²) < 4.78 is 10.8. The van der Waals surface area contributed by atoms with Crippen molar-refractivity contribution in [2.75, 3.05) is 18.4 Å². The lowest BCUT2D eigenvalue weighted by Crippen LogP contribution is -2.50. The first-order valence-corrected chi connectivity index (χ1v) is 10.0. The van der Waals surface area contributed by atoms with Crippen LogP contribution in [-0.2, 0) is 9.47 Å². The highest BCUT2D eigenvalue weighted by atomic mass is 16.6. The topological polar surface area (TPSA) is 67.9 Å². The third-order valence-electron chi connectivity index (χ3n) is 4.73. The maximum atomic E-state index is 12.2. The zero-order valence-electron chi connectivity index (χ0n) is 17.8. The summed E-state index contributed by atoms with van der Waals surface area (Å²) in [4.78, 5) is 26.0. The average molecular weight is 389 g/mol. The van der Waals surface area contributed by atoms with Crippen LogP contribution < -0.4 is 5.32 Å². The fourth-order valence-electron chi connectivity index (χ4n) is 3.26. The number of carbonyl (C=O) groups excluding carboxylic acids is 2. The third kappa shape index (κ3) is 5.40. The Labute approximate surface area is 167 Å². The van der Waals surface area contributed by atoms with Gasteiger partial charge in [0.2, 0.25) is 0 Å². The van der Waals surface area contributed by atoms with Crippen LogP contribution in [0.15, 0.2) is 18.2 Å². The molecule has 0 unspecified atom stereocenters. The summed E-state index contributed by atoms with van der Waals surface area (Å²) in [5.41, 5.74) is 2.19. The molecule has 1 aliphatic heterocycles. The Morgan fingerprint density at radius 3 is 2.11 bits per heavy atom. The fourth-order valence-corrected chi connectivity index (χ4v) is 3.26. The standard InChI is InChI=1S/C22H32N2O4/c1-21(2,3)27-19(25)23-18-10-9-15(11-17(18)14-7-8-14)16-12-24(13-16)20(26)28-22(4,5)6/h9-11,14,16H,7-8,12-13H2,1-6H3,(H,23,25). The van der Waals surface area contributed by atoms with Crippen LogP contribution in [-0.4, -0.2) is 41.4 Å². The largest absolute Gasteiger partial charge is 0.444 e. The van der Waals surface area contributed by atoms with Crippen molar-refractivity contribution in [1.82, 2.24) is 4.90 Å². The number of hydrogen-bond acceptors (Lipinski definition) is 4. The van der Waals surface area contributed by atoms with Crippen LogP contribution in [0, 0.1) is 0 Å². The Balaban J connectivity index is 1.64. The molecule has 6 nitrogen and oxygen atoms in total. The summed E-state index contributed by atoms with van der Waals surface area (Å²) in [5.74, 6) is 0.799. The van der Waals surface area contributed by atoms with E-state index in [1.54, 1.807) is 4.90 Å². The van der Waals surface area contributed by atoms with Crippen molar-refractivity contribution < 1.29 is 19.1 Å². The van der Waals surface area contributed by atoms with E-state index in [1.807, 2.05) is 53.7 Å². The summed E-state index contributed by atoms with van der Waals surface area (Å²) in [6, 6.07) is 6.18. The number of nitrogens with zero attached hydrogens (tertiary/aromatic N) is 1. The van der Waals surface area contributed by atoms with E-state index >= 15 is 0 Å². The van der Waals surface area contributed by atoms with Gasteiger partial charge in [0.15, 0.2) is 0 Å². The van der Waals surface area contributed by atoms with Gasteiger partial charge in [-0.3, -0.25) is 5.32 Å². The van der Waals surface area contributed by atoms with E-state index in [0.717, 1.165) is 18.5 Å². The molecule has 28 heavy (non-hydrogen) atoms. The van der Waals surface area contributed by atoms with Crippen LogP contribution in [0.5, 0.6) is 0 Å². The maximum absolute atomic E-state index is 12.2. The van der Waals surface area contributed by atoms with Gasteiger partial charge in [-0.2, -0.15) is 0 Å². The number of carbonyl (C=O) groups is 2. The smallest absolute Gasteiger partial charge is 0.412 e. The Hall–Kier alpha value is -2.24. The number of ether oxygens (including phenoxy) is 2. The summed E-state index contributed by atoms with van der Waals surface area (Å²) in [6.07, 6.45) is 1.60. The van der Waals surface area contributed by atoms with Gasteiger partial charge in [-0.05, 0) is 77.5 Å². The van der Waals surface area contributed by atoms with E-state index in [1.165, 1.54) is 11.1 Å². The summed E-state index contributed by atoms with van der Waals surface area (Å²) >= 11 is 0. The molecular formula is C22H32N2O4. The molecular weight excluding hydrogens is 356 g/mol. The van der Waals surface area contributed by atoms with Crippen molar-refractivity contribution in [2.24, 2.45) is 0 Å². The molecule has 1 heterocycles. The molecule has 1 aromatic carbocycles. The molecule has 154 valence electrons. The lowest BCUT2D eigenvalue weighted by Gasteiger charge is -2.40. The molecule has 2 aliphatic rings. The Morgan fingerprint density at radius 2 is 1.57 bits per heavy atom. The molecule has 6 heteroatoms. The van der Waals surface area contributed by atoms with Gasteiger partial charge < -0.3 is 14.4 Å². The highest BCUT2D eigenvalue weighted by Crippen LogP contribution is 2.45. The second-order valence-electron chi connectivity index (χ2n) is 9.83. The van der Waals surface area contributed by atoms with Crippen molar-refractivity contribution in [1.29, 1.82) is 0 Å². The van der Waals surface area contributed by atoms with Crippen molar-refractivity contribution in [3.63, 3.8) is 0 Å². The van der Waals surface area contributed by atoms with E-state index in [-0.39, 0.29) is 6.09 Å². The van der Waals surface area contributed by atoms with Crippen molar-refractivity contribution in [3.05, 3.63) is 29.3 Å². The first-order valence-electron chi connectivity index (χ1n) is 10.0. The number of hydrogen-bond donors (Lipinski definition) is 1. The summed E-state index contributed by atoms with van der Waals surface area (Å²) in [6.45, 7) is 12.5. The van der Waals surface area contributed by atoms with E-state index in [4.69, 9.17) is 9.47 Å². The van der Waals surface area contributed by atoms with E-state index in [9.17, 15) is 9.59 Å². The van der Waals surface area contributed by atoms with Gasteiger partial charge in [0.25, 0.3) is 0 Å². The molecule has 1 aromatic rings. The first kappa shape index (κ1) is 20.5.